The topological polar surface area (TPSA) is 44.3 Å². The maximum atomic E-state index is 4.44. The third-order valence-electron chi connectivity index (χ3n) is 4.46. The molecule has 1 aliphatic rings. The van der Waals surface area contributed by atoms with Crippen LogP contribution < -0.4 is 5.32 Å². The van der Waals surface area contributed by atoms with Gasteiger partial charge in [0.2, 0.25) is 0 Å². The lowest BCUT2D eigenvalue weighted by Gasteiger charge is -2.36. The molecule has 0 spiro atoms. The van der Waals surface area contributed by atoms with Crippen molar-refractivity contribution >= 4 is 27.4 Å². The minimum absolute atomic E-state index is 0.517. The molecule has 5 nitrogen and oxygen atoms in total. The second-order valence-electron chi connectivity index (χ2n) is 6.08. The minimum atomic E-state index is 0.517. The number of piperazine rings is 1. The molecule has 2 aromatic heterocycles. The van der Waals surface area contributed by atoms with Crippen molar-refractivity contribution in [3.8, 4) is 0 Å². The van der Waals surface area contributed by atoms with Crippen LogP contribution in [0, 0.1) is 0 Å². The quantitative estimate of drug-likeness (QED) is 0.916. The predicted octanol–water partition coefficient (Wildman–Crippen LogP) is 2.30. The normalized spacial score (nSPS) is 18.7. The molecule has 0 bridgehead atoms. The highest BCUT2D eigenvalue weighted by Crippen LogP contribution is 2.28. The van der Waals surface area contributed by atoms with Gasteiger partial charge < -0.3 is 10.2 Å². The summed E-state index contributed by atoms with van der Waals surface area (Å²) < 4.78 is 0. The Balaban J connectivity index is 1.64. The molecule has 0 aliphatic carbocycles. The van der Waals surface area contributed by atoms with Crippen LogP contribution in [0.1, 0.15) is 18.7 Å². The third kappa shape index (κ3) is 3.39. The fraction of sp³-hybridized carbons (Fsp3) is 0.625. The molecule has 3 rings (SSSR count). The molecular formula is C16H25N5S. The molecule has 1 N–H and O–H groups in total. The lowest BCUT2D eigenvalue weighted by Crippen LogP contribution is -2.49. The number of rotatable bonds is 5. The first-order valence-electron chi connectivity index (χ1n) is 8.07. The second kappa shape index (κ2) is 6.89. The molecule has 1 fully saturated rings. The minimum Gasteiger partial charge on any atom is -0.368 e. The van der Waals surface area contributed by atoms with Crippen molar-refractivity contribution in [3.63, 3.8) is 0 Å². The van der Waals surface area contributed by atoms with Crippen LogP contribution in [0.25, 0.3) is 10.2 Å². The molecule has 0 saturated carbocycles. The molecule has 0 radical (unpaired) electrons. The highest BCUT2D eigenvalue weighted by molar-refractivity contribution is 7.18. The Bertz CT molecular complexity index is 618. The summed E-state index contributed by atoms with van der Waals surface area (Å²) in [7, 11) is 2.19. The first-order chi connectivity index (χ1) is 10.7. The molecule has 0 aromatic carbocycles. The Labute approximate surface area is 136 Å². The number of anilines is 1. The average molecular weight is 319 g/mol. The molecule has 1 saturated heterocycles. The van der Waals surface area contributed by atoms with Crippen LogP contribution in [-0.4, -0.2) is 65.6 Å². The van der Waals surface area contributed by atoms with Crippen LogP contribution in [0.2, 0.25) is 0 Å². The summed E-state index contributed by atoms with van der Waals surface area (Å²) in [5, 5.41) is 4.70. The maximum Gasteiger partial charge on any atom is 0.138 e. The van der Waals surface area contributed by atoms with Crippen LogP contribution in [0.15, 0.2) is 12.4 Å². The zero-order valence-electron chi connectivity index (χ0n) is 13.7. The molecule has 120 valence electrons. The third-order valence-corrected chi connectivity index (χ3v) is 5.64. The summed E-state index contributed by atoms with van der Waals surface area (Å²) in [5.74, 6) is 0.974. The number of fused-ring (bicyclic) bond motifs is 1. The Hall–Kier alpha value is -1.24. The SMILES string of the molecule is CCc1cc2c(NCC(C)N3CCN(C)CC3)ncnc2s1. The molecule has 6 heteroatoms. The monoisotopic (exact) mass is 319 g/mol. The number of aromatic nitrogens is 2. The van der Waals surface area contributed by atoms with E-state index in [1.54, 1.807) is 17.7 Å². The van der Waals surface area contributed by atoms with E-state index in [1.807, 2.05) is 0 Å². The van der Waals surface area contributed by atoms with E-state index < -0.39 is 0 Å². The first-order valence-corrected chi connectivity index (χ1v) is 8.89. The number of nitrogens with one attached hydrogen (secondary N) is 1. The summed E-state index contributed by atoms with van der Waals surface area (Å²) >= 11 is 1.77. The van der Waals surface area contributed by atoms with E-state index in [1.165, 1.54) is 4.88 Å². The maximum absolute atomic E-state index is 4.44. The van der Waals surface area contributed by atoms with Gasteiger partial charge in [-0.2, -0.15) is 0 Å². The fourth-order valence-electron chi connectivity index (χ4n) is 2.86. The van der Waals surface area contributed by atoms with E-state index in [2.05, 4.69) is 52.0 Å². The highest BCUT2D eigenvalue weighted by Gasteiger charge is 2.19. The highest BCUT2D eigenvalue weighted by atomic mass is 32.1. The lowest BCUT2D eigenvalue weighted by atomic mass is 10.2. The van der Waals surface area contributed by atoms with Gasteiger partial charge in [-0.25, -0.2) is 9.97 Å². The van der Waals surface area contributed by atoms with Crippen LogP contribution in [0.4, 0.5) is 5.82 Å². The fourth-order valence-corrected chi connectivity index (χ4v) is 3.79. The zero-order valence-corrected chi connectivity index (χ0v) is 14.5. The molecular weight excluding hydrogens is 294 g/mol. The van der Waals surface area contributed by atoms with Crippen molar-refractivity contribution in [2.75, 3.05) is 45.1 Å². The molecule has 22 heavy (non-hydrogen) atoms. The summed E-state index contributed by atoms with van der Waals surface area (Å²) in [5.41, 5.74) is 0. The number of aryl methyl sites for hydroxylation is 1. The standard InChI is InChI=1S/C16H25N5S/c1-4-13-9-14-15(18-11-19-16(14)22-13)17-10-12(2)21-7-5-20(3)6-8-21/h9,11-12H,4-8,10H2,1-3H3,(H,17,18,19). The summed E-state index contributed by atoms with van der Waals surface area (Å²) in [6.45, 7) is 10.0. The van der Waals surface area contributed by atoms with Crippen molar-refractivity contribution in [1.29, 1.82) is 0 Å². The number of thiophene rings is 1. The van der Waals surface area contributed by atoms with E-state index in [9.17, 15) is 0 Å². The van der Waals surface area contributed by atoms with Crippen molar-refractivity contribution in [2.24, 2.45) is 0 Å². The van der Waals surface area contributed by atoms with Crippen molar-refractivity contribution < 1.29 is 0 Å². The Kier molecular flexibility index (Phi) is 4.90. The van der Waals surface area contributed by atoms with Gasteiger partial charge >= 0.3 is 0 Å². The van der Waals surface area contributed by atoms with Crippen molar-refractivity contribution in [1.82, 2.24) is 19.8 Å². The van der Waals surface area contributed by atoms with Gasteiger partial charge in [0.15, 0.2) is 0 Å². The van der Waals surface area contributed by atoms with Gasteiger partial charge in [-0.15, -0.1) is 11.3 Å². The van der Waals surface area contributed by atoms with Gasteiger partial charge in [-0.3, -0.25) is 4.90 Å². The smallest absolute Gasteiger partial charge is 0.138 e. The van der Waals surface area contributed by atoms with E-state index in [0.29, 0.717) is 6.04 Å². The van der Waals surface area contributed by atoms with Crippen LogP contribution in [-0.2, 0) is 6.42 Å². The Morgan fingerprint density at radius 2 is 2.05 bits per heavy atom. The second-order valence-corrected chi connectivity index (χ2v) is 7.19. The number of hydrogen-bond acceptors (Lipinski definition) is 6. The predicted molar refractivity (Wildman–Crippen MR) is 93.8 cm³/mol. The largest absolute Gasteiger partial charge is 0.368 e. The summed E-state index contributed by atoms with van der Waals surface area (Å²) in [4.78, 5) is 16.2. The molecule has 2 aromatic rings. The van der Waals surface area contributed by atoms with Crippen LogP contribution in [0.3, 0.4) is 0 Å². The summed E-state index contributed by atoms with van der Waals surface area (Å²) in [6, 6.07) is 2.74. The van der Waals surface area contributed by atoms with E-state index in [4.69, 9.17) is 0 Å². The number of nitrogens with zero attached hydrogens (tertiary/aromatic N) is 4. The summed E-state index contributed by atoms with van der Waals surface area (Å²) in [6.07, 6.45) is 2.72. The van der Waals surface area contributed by atoms with Gasteiger partial charge in [0.1, 0.15) is 17.0 Å². The molecule has 1 atom stereocenters. The number of hydrogen-bond donors (Lipinski definition) is 1. The Morgan fingerprint density at radius 1 is 1.27 bits per heavy atom. The Morgan fingerprint density at radius 3 is 2.77 bits per heavy atom. The van der Waals surface area contributed by atoms with Crippen molar-refractivity contribution in [3.05, 3.63) is 17.3 Å². The molecule has 1 aliphatic heterocycles. The van der Waals surface area contributed by atoms with Gasteiger partial charge in [0, 0.05) is 43.6 Å². The molecule has 0 amide bonds. The average Bonchev–Trinajstić information content (AvgIpc) is 2.97. The van der Waals surface area contributed by atoms with Gasteiger partial charge in [0.25, 0.3) is 0 Å². The van der Waals surface area contributed by atoms with Crippen LogP contribution in [0.5, 0.6) is 0 Å². The zero-order chi connectivity index (χ0) is 15.5. The van der Waals surface area contributed by atoms with E-state index >= 15 is 0 Å². The van der Waals surface area contributed by atoms with Crippen molar-refractivity contribution in [2.45, 2.75) is 26.3 Å². The van der Waals surface area contributed by atoms with E-state index in [0.717, 1.165) is 55.2 Å². The van der Waals surface area contributed by atoms with Gasteiger partial charge in [0.05, 0.1) is 5.39 Å². The molecule has 3 heterocycles. The van der Waals surface area contributed by atoms with Crippen LogP contribution >= 0.6 is 11.3 Å². The lowest BCUT2D eigenvalue weighted by molar-refractivity contribution is 0.123. The number of likely N-dealkylation sites (N-methyl/N-ethyl adjacent to an activating group) is 1. The first kappa shape index (κ1) is 15.6. The van der Waals surface area contributed by atoms with Gasteiger partial charge in [-0.05, 0) is 26.5 Å². The van der Waals surface area contributed by atoms with E-state index in [-0.39, 0.29) is 0 Å². The van der Waals surface area contributed by atoms with Gasteiger partial charge in [-0.1, -0.05) is 6.92 Å². The molecule has 1 unspecified atom stereocenters.